The Kier molecular flexibility index (Phi) is 9.47. The maximum Gasteiger partial charge on any atom is 0.319 e. The van der Waals surface area contributed by atoms with Crippen LogP contribution in [0.5, 0.6) is 6.01 Å². The van der Waals surface area contributed by atoms with Gasteiger partial charge in [0.05, 0.1) is 22.3 Å². The van der Waals surface area contributed by atoms with Crippen LogP contribution in [0.15, 0.2) is 42.7 Å². The lowest BCUT2D eigenvalue weighted by molar-refractivity contribution is 0.107. The Hall–Kier alpha value is -3.21. The molecule has 5 heterocycles. The van der Waals surface area contributed by atoms with Crippen molar-refractivity contribution in [2.45, 2.75) is 65.6 Å². The van der Waals surface area contributed by atoms with Gasteiger partial charge < -0.3 is 15.0 Å². The van der Waals surface area contributed by atoms with Crippen molar-refractivity contribution in [2.24, 2.45) is 0 Å². The molecule has 0 bridgehead atoms. The third-order valence-corrected chi connectivity index (χ3v) is 6.32. The molecule has 3 aliphatic heterocycles. The molecule has 2 saturated heterocycles. The van der Waals surface area contributed by atoms with Crippen molar-refractivity contribution in [3.63, 3.8) is 0 Å². The lowest BCUT2D eigenvalue weighted by Crippen LogP contribution is -2.43. The summed E-state index contributed by atoms with van der Waals surface area (Å²) in [5.74, 6) is -0.399. The number of fused-ring (bicyclic) bond motifs is 2. The third kappa shape index (κ3) is 6.03. The van der Waals surface area contributed by atoms with Crippen LogP contribution in [0.2, 0.25) is 0 Å². The molecule has 1 N–H and O–H groups in total. The number of halogens is 4. The molecule has 3 aliphatic rings. The number of hydrogen-bond donors (Lipinski definition) is 1. The molecule has 2 fully saturated rings. The minimum absolute atomic E-state index is 0. The molecule has 0 unspecified atom stereocenters. The zero-order valence-corrected chi connectivity index (χ0v) is 21.9. The number of aryl methyl sites for hydroxylation is 1. The first-order valence-corrected chi connectivity index (χ1v) is 12.7. The van der Waals surface area contributed by atoms with Gasteiger partial charge in [-0.1, -0.05) is 27.7 Å². The van der Waals surface area contributed by atoms with Crippen LogP contribution in [-0.4, -0.2) is 51.3 Å². The van der Waals surface area contributed by atoms with E-state index in [4.69, 9.17) is 4.74 Å². The van der Waals surface area contributed by atoms with E-state index in [1.54, 1.807) is 6.20 Å². The maximum absolute atomic E-state index is 14.9. The number of rotatable bonds is 5. The molecule has 204 valence electrons. The van der Waals surface area contributed by atoms with E-state index in [1.807, 2.05) is 27.7 Å². The van der Waals surface area contributed by atoms with Gasteiger partial charge in [-0.3, -0.25) is 9.88 Å². The van der Waals surface area contributed by atoms with Gasteiger partial charge in [-0.2, -0.15) is 18.7 Å². The molecule has 0 saturated carbocycles. The third-order valence-electron chi connectivity index (χ3n) is 6.32. The van der Waals surface area contributed by atoms with Gasteiger partial charge in [-0.25, -0.2) is 8.78 Å². The molecule has 0 spiro atoms. The normalized spacial score (nSPS) is 22.2. The van der Waals surface area contributed by atoms with Crippen LogP contribution in [0.1, 0.15) is 54.1 Å². The van der Waals surface area contributed by atoms with E-state index in [0.29, 0.717) is 24.4 Å². The second-order valence-corrected chi connectivity index (χ2v) is 8.50. The number of alkyl halides is 1. The van der Waals surface area contributed by atoms with Crippen LogP contribution in [0.3, 0.4) is 0 Å². The summed E-state index contributed by atoms with van der Waals surface area (Å²) < 4.78 is 60.5. The number of allylic oxidation sites excluding steroid dienone is 1. The summed E-state index contributed by atoms with van der Waals surface area (Å²) in [6.45, 7) is 10.9. The smallest absolute Gasteiger partial charge is 0.319 e. The highest BCUT2D eigenvalue weighted by atomic mass is 19.3. The van der Waals surface area contributed by atoms with Crippen LogP contribution in [0.4, 0.5) is 23.4 Å². The van der Waals surface area contributed by atoms with Gasteiger partial charge in [0.25, 0.3) is 6.08 Å². The van der Waals surface area contributed by atoms with Crippen LogP contribution in [0.25, 0.3) is 10.9 Å². The van der Waals surface area contributed by atoms with Crippen molar-refractivity contribution in [2.75, 3.05) is 24.6 Å². The highest BCUT2D eigenvalue weighted by Gasteiger charge is 2.49. The number of nitrogens with one attached hydrogen (secondary N) is 1. The van der Waals surface area contributed by atoms with Gasteiger partial charge in [0.15, 0.2) is 11.6 Å². The van der Waals surface area contributed by atoms with Crippen LogP contribution in [0, 0.1) is 12.7 Å². The average Bonchev–Trinajstić information content (AvgIpc) is 3.42. The van der Waals surface area contributed by atoms with E-state index >= 15 is 0 Å². The Balaban J connectivity index is 0.000000969. The summed E-state index contributed by atoms with van der Waals surface area (Å²) >= 11 is 0. The van der Waals surface area contributed by atoms with Crippen LogP contribution < -0.4 is 15.0 Å². The van der Waals surface area contributed by atoms with E-state index in [-0.39, 0.29) is 36.8 Å². The van der Waals surface area contributed by atoms with Gasteiger partial charge in [-0.15, -0.1) is 0 Å². The molecule has 0 aliphatic carbocycles. The fraction of sp³-hybridized carbons (Fsp3) is 0.500. The zero-order chi connectivity index (χ0) is 27.2. The van der Waals surface area contributed by atoms with E-state index in [9.17, 15) is 17.6 Å². The largest absolute Gasteiger partial charge is 0.461 e. The number of anilines is 1. The second-order valence-electron chi connectivity index (χ2n) is 8.50. The highest BCUT2D eigenvalue weighted by Crippen LogP contribution is 2.40. The molecular formula is C26H36F4N6O. The number of hydrogen-bond acceptors (Lipinski definition) is 7. The summed E-state index contributed by atoms with van der Waals surface area (Å²) in [5.41, 5.74) is -0.139. The van der Waals surface area contributed by atoms with E-state index in [1.165, 1.54) is 30.4 Å². The van der Waals surface area contributed by atoms with Crippen molar-refractivity contribution < 1.29 is 23.7 Å². The number of pyridine rings is 1. The Morgan fingerprint density at radius 1 is 1.27 bits per heavy atom. The molecule has 2 aromatic heterocycles. The lowest BCUT2D eigenvalue weighted by Gasteiger charge is -2.31. The van der Waals surface area contributed by atoms with Crippen LogP contribution in [-0.2, 0) is 0 Å². The first-order valence-electron chi connectivity index (χ1n) is 12.7. The van der Waals surface area contributed by atoms with Crippen molar-refractivity contribution >= 4 is 16.7 Å². The Labute approximate surface area is 216 Å². The van der Waals surface area contributed by atoms with Gasteiger partial charge in [0.2, 0.25) is 0 Å². The van der Waals surface area contributed by atoms with Crippen molar-refractivity contribution in [1.29, 1.82) is 0 Å². The fourth-order valence-corrected chi connectivity index (χ4v) is 4.79. The number of aromatic nitrogens is 3. The zero-order valence-electron chi connectivity index (χ0n) is 21.9. The van der Waals surface area contributed by atoms with E-state index in [2.05, 4.69) is 25.2 Å². The average molecular weight is 525 g/mol. The number of nitrogens with zero attached hydrogens (tertiary/aromatic N) is 5. The van der Waals surface area contributed by atoms with Gasteiger partial charge in [0.1, 0.15) is 18.3 Å². The standard InChI is InChI=1S/C22H22F4N6O.2C2H6.H2/c1-13-18(26)19-16(9-28-13)20(31-6-4-27-15(11-31)7-17(24)25)30-21(29-19)33-12-22-3-2-5-32(22)10-14(23)8-22;2*1-2;/h4,6-7,9,11,14,27H,2-3,5,8,10,12H2,1H3;2*1-2H3;1H/t14-,22+;;;/m1.../s1. The van der Waals surface area contributed by atoms with E-state index < -0.39 is 23.6 Å². The molecule has 2 atom stereocenters. The molecule has 0 radical (unpaired) electrons. The fourth-order valence-electron chi connectivity index (χ4n) is 4.79. The van der Waals surface area contributed by atoms with Gasteiger partial charge in [-0.05, 0) is 26.3 Å². The molecular weight excluding hydrogens is 488 g/mol. The summed E-state index contributed by atoms with van der Waals surface area (Å²) in [5, 5.41) is 3.00. The summed E-state index contributed by atoms with van der Waals surface area (Å²) in [6.07, 6.45) is 5.86. The Bertz CT molecular complexity index is 1190. The molecule has 7 nitrogen and oxygen atoms in total. The molecule has 0 aromatic carbocycles. The van der Waals surface area contributed by atoms with Gasteiger partial charge in [0, 0.05) is 45.3 Å². The minimum Gasteiger partial charge on any atom is -0.461 e. The van der Waals surface area contributed by atoms with Gasteiger partial charge >= 0.3 is 6.01 Å². The SMILES string of the molecule is CC.CC.Cc1ncc2c(N3C=CNC(C=C(F)F)=C3)nc(OC[C@@]34CCCN3C[C@H](F)C4)nc2c1F.[HH]. The van der Waals surface area contributed by atoms with Crippen molar-refractivity contribution in [3.05, 3.63) is 54.2 Å². The molecule has 0 amide bonds. The maximum atomic E-state index is 14.9. The van der Waals surface area contributed by atoms with Crippen LogP contribution >= 0.6 is 0 Å². The summed E-state index contributed by atoms with van der Waals surface area (Å²) in [7, 11) is 0. The van der Waals surface area contributed by atoms with Crippen molar-refractivity contribution in [3.8, 4) is 6.01 Å². The molecule has 2 aromatic rings. The molecule has 11 heteroatoms. The predicted molar refractivity (Wildman–Crippen MR) is 139 cm³/mol. The Morgan fingerprint density at radius 2 is 2.03 bits per heavy atom. The lowest BCUT2D eigenvalue weighted by atomic mass is 9.95. The number of ether oxygens (including phenoxy) is 1. The Morgan fingerprint density at radius 3 is 2.76 bits per heavy atom. The first-order chi connectivity index (χ1) is 17.8. The van der Waals surface area contributed by atoms with E-state index in [0.717, 1.165) is 19.4 Å². The first kappa shape index (κ1) is 28.4. The summed E-state index contributed by atoms with van der Waals surface area (Å²) in [6, 6.07) is -0.0698. The monoisotopic (exact) mass is 524 g/mol. The summed E-state index contributed by atoms with van der Waals surface area (Å²) in [4.78, 5) is 16.3. The predicted octanol–water partition coefficient (Wildman–Crippen LogP) is 6.23. The molecule has 5 rings (SSSR count). The quantitative estimate of drug-likeness (QED) is 0.465. The highest BCUT2D eigenvalue weighted by molar-refractivity contribution is 5.90. The second kappa shape index (κ2) is 12.4. The van der Waals surface area contributed by atoms with Crippen molar-refractivity contribution in [1.82, 2.24) is 25.2 Å². The topological polar surface area (TPSA) is 66.4 Å². The minimum atomic E-state index is -1.87. The molecule has 37 heavy (non-hydrogen) atoms.